The number of hydrogen-bond donors (Lipinski definition) is 1. The Kier molecular flexibility index (Phi) is 4.70. The van der Waals surface area contributed by atoms with E-state index < -0.39 is 0 Å². The molecular weight excluding hydrogens is 276 g/mol. The number of rotatable bonds is 5. The molecule has 1 aromatic heterocycles. The molecule has 1 N–H and O–H groups in total. The van der Waals surface area contributed by atoms with E-state index in [-0.39, 0.29) is 17.4 Å². The van der Waals surface area contributed by atoms with E-state index in [2.05, 4.69) is 35.1 Å². The van der Waals surface area contributed by atoms with Crippen LogP contribution in [0.4, 0.5) is 5.69 Å². The lowest BCUT2D eigenvalue weighted by Crippen LogP contribution is -2.59. The molecule has 0 bridgehead atoms. The average Bonchev–Trinajstić information content (AvgIpc) is 2.41. The van der Waals surface area contributed by atoms with Gasteiger partial charge in [-0.2, -0.15) is 5.26 Å². The van der Waals surface area contributed by atoms with Crippen LogP contribution in [0.5, 0.6) is 0 Å². The van der Waals surface area contributed by atoms with Gasteiger partial charge in [0, 0.05) is 31.0 Å². The number of nitrogens with zero attached hydrogens (tertiary/aromatic N) is 3. The molecule has 0 saturated carbocycles. The molecule has 0 spiro atoms. The summed E-state index contributed by atoms with van der Waals surface area (Å²) in [6.45, 7) is 9.94. The third-order valence-electron chi connectivity index (χ3n) is 4.43. The fourth-order valence-electron chi connectivity index (χ4n) is 2.78. The number of amides is 1. The first-order chi connectivity index (χ1) is 10.4. The summed E-state index contributed by atoms with van der Waals surface area (Å²) in [5.41, 5.74) is 1.53. The van der Waals surface area contributed by atoms with Crippen LogP contribution < -0.4 is 10.2 Å². The standard InChI is InChI=1S/C17H24N4O/c1-12(2)17(7-8-18)10-21(11-17)14-5-6-15(19-9-14)16(22)20-13(3)4/h5-6,9,12-13H,7,10-11H2,1-4H3,(H,20,22). The van der Waals surface area contributed by atoms with Crippen molar-refractivity contribution in [3.63, 3.8) is 0 Å². The van der Waals surface area contributed by atoms with E-state index in [9.17, 15) is 4.79 Å². The lowest BCUT2D eigenvalue weighted by molar-refractivity contribution is 0.0938. The molecule has 0 radical (unpaired) electrons. The molecule has 0 atom stereocenters. The molecule has 1 aliphatic heterocycles. The molecule has 2 rings (SSSR count). The van der Waals surface area contributed by atoms with Crippen LogP contribution >= 0.6 is 0 Å². The zero-order valence-electron chi connectivity index (χ0n) is 13.8. The highest BCUT2D eigenvalue weighted by molar-refractivity contribution is 5.92. The lowest BCUT2D eigenvalue weighted by atomic mass is 9.68. The van der Waals surface area contributed by atoms with Crippen molar-refractivity contribution in [3.05, 3.63) is 24.0 Å². The highest BCUT2D eigenvalue weighted by atomic mass is 16.1. The van der Waals surface area contributed by atoms with Gasteiger partial charge in [-0.25, -0.2) is 4.98 Å². The Bertz CT molecular complexity index is 565. The lowest BCUT2D eigenvalue weighted by Gasteiger charge is -2.53. The van der Waals surface area contributed by atoms with Crippen molar-refractivity contribution in [1.82, 2.24) is 10.3 Å². The number of pyridine rings is 1. The van der Waals surface area contributed by atoms with Gasteiger partial charge >= 0.3 is 0 Å². The maximum Gasteiger partial charge on any atom is 0.270 e. The molecule has 1 saturated heterocycles. The molecule has 5 nitrogen and oxygen atoms in total. The zero-order chi connectivity index (χ0) is 16.3. The third kappa shape index (κ3) is 3.22. The molecule has 1 aromatic rings. The van der Waals surface area contributed by atoms with Crippen molar-refractivity contribution >= 4 is 11.6 Å². The summed E-state index contributed by atoms with van der Waals surface area (Å²) in [4.78, 5) is 18.3. The second-order valence-corrected chi connectivity index (χ2v) is 6.74. The summed E-state index contributed by atoms with van der Waals surface area (Å²) < 4.78 is 0. The Morgan fingerprint density at radius 1 is 1.41 bits per heavy atom. The van der Waals surface area contributed by atoms with Crippen LogP contribution in [-0.2, 0) is 0 Å². The van der Waals surface area contributed by atoms with E-state index in [0.29, 0.717) is 18.0 Å². The number of hydrogen-bond acceptors (Lipinski definition) is 4. The normalized spacial score (nSPS) is 16.3. The van der Waals surface area contributed by atoms with Crippen LogP contribution in [0.2, 0.25) is 0 Å². The first-order valence-corrected chi connectivity index (χ1v) is 7.77. The Hall–Kier alpha value is -2.09. The van der Waals surface area contributed by atoms with Crippen molar-refractivity contribution in [3.8, 4) is 6.07 Å². The predicted molar refractivity (Wildman–Crippen MR) is 86.6 cm³/mol. The van der Waals surface area contributed by atoms with Gasteiger partial charge in [0.2, 0.25) is 0 Å². The summed E-state index contributed by atoms with van der Waals surface area (Å²) >= 11 is 0. The van der Waals surface area contributed by atoms with E-state index in [1.165, 1.54) is 0 Å². The van der Waals surface area contributed by atoms with Gasteiger partial charge in [-0.15, -0.1) is 0 Å². The molecule has 0 aromatic carbocycles. The van der Waals surface area contributed by atoms with Crippen LogP contribution in [0.25, 0.3) is 0 Å². The number of carbonyl (C=O) groups is 1. The van der Waals surface area contributed by atoms with Crippen LogP contribution in [0.1, 0.15) is 44.6 Å². The van der Waals surface area contributed by atoms with Crippen molar-refractivity contribution in [2.24, 2.45) is 11.3 Å². The van der Waals surface area contributed by atoms with Crippen LogP contribution in [0, 0.1) is 22.7 Å². The largest absolute Gasteiger partial charge is 0.369 e. The molecule has 2 heterocycles. The number of aromatic nitrogens is 1. The Morgan fingerprint density at radius 2 is 2.09 bits per heavy atom. The fraction of sp³-hybridized carbons (Fsp3) is 0.588. The van der Waals surface area contributed by atoms with Gasteiger partial charge < -0.3 is 10.2 Å². The Morgan fingerprint density at radius 3 is 2.55 bits per heavy atom. The molecule has 1 amide bonds. The van der Waals surface area contributed by atoms with Crippen LogP contribution in [0.15, 0.2) is 18.3 Å². The number of nitriles is 1. The highest BCUT2D eigenvalue weighted by Crippen LogP contribution is 2.42. The number of nitrogens with one attached hydrogen (secondary N) is 1. The predicted octanol–water partition coefficient (Wildman–Crippen LogP) is 2.60. The van der Waals surface area contributed by atoms with Gasteiger partial charge in [0.05, 0.1) is 18.0 Å². The van der Waals surface area contributed by atoms with Gasteiger partial charge in [0.15, 0.2) is 0 Å². The molecule has 5 heteroatoms. The minimum Gasteiger partial charge on any atom is -0.369 e. The molecule has 1 fully saturated rings. The minimum atomic E-state index is -0.147. The molecule has 118 valence electrons. The minimum absolute atomic E-state index is 0.0858. The van der Waals surface area contributed by atoms with E-state index in [1.54, 1.807) is 12.3 Å². The van der Waals surface area contributed by atoms with Gasteiger partial charge in [-0.05, 0) is 31.9 Å². The maximum absolute atomic E-state index is 11.9. The molecule has 0 aliphatic carbocycles. The average molecular weight is 300 g/mol. The van der Waals surface area contributed by atoms with E-state index in [1.807, 2.05) is 19.9 Å². The molecular formula is C17H24N4O. The first kappa shape index (κ1) is 16.3. The summed E-state index contributed by atoms with van der Waals surface area (Å²) in [5, 5.41) is 11.8. The van der Waals surface area contributed by atoms with Crippen molar-refractivity contribution in [2.75, 3.05) is 18.0 Å². The van der Waals surface area contributed by atoms with Crippen molar-refractivity contribution in [1.29, 1.82) is 5.26 Å². The third-order valence-corrected chi connectivity index (χ3v) is 4.43. The van der Waals surface area contributed by atoms with E-state index >= 15 is 0 Å². The molecule has 1 aliphatic rings. The zero-order valence-corrected chi connectivity index (χ0v) is 13.8. The monoisotopic (exact) mass is 300 g/mol. The van der Waals surface area contributed by atoms with Crippen LogP contribution in [0.3, 0.4) is 0 Å². The summed E-state index contributed by atoms with van der Waals surface area (Å²) in [6.07, 6.45) is 2.33. The highest BCUT2D eigenvalue weighted by Gasteiger charge is 2.45. The van der Waals surface area contributed by atoms with Gasteiger partial charge in [-0.1, -0.05) is 13.8 Å². The number of carbonyl (C=O) groups excluding carboxylic acids is 1. The molecule has 0 unspecified atom stereocenters. The van der Waals surface area contributed by atoms with Gasteiger partial charge in [-0.3, -0.25) is 4.79 Å². The quantitative estimate of drug-likeness (QED) is 0.907. The smallest absolute Gasteiger partial charge is 0.270 e. The van der Waals surface area contributed by atoms with Gasteiger partial charge in [0.1, 0.15) is 5.69 Å². The SMILES string of the molecule is CC(C)NC(=O)c1ccc(N2CC(CC#N)(C(C)C)C2)cn1. The second kappa shape index (κ2) is 6.35. The molecule has 22 heavy (non-hydrogen) atoms. The fourth-order valence-corrected chi connectivity index (χ4v) is 2.78. The van der Waals surface area contributed by atoms with E-state index in [4.69, 9.17) is 5.26 Å². The Labute approximate surface area is 132 Å². The summed E-state index contributed by atoms with van der Waals surface area (Å²) in [5.74, 6) is 0.332. The first-order valence-electron chi connectivity index (χ1n) is 7.77. The summed E-state index contributed by atoms with van der Waals surface area (Å²) in [7, 11) is 0. The van der Waals surface area contributed by atoms with Crippen molar-refractivity contribution < 1.29 is 4.79 Å². The summed E-state index contributed by atoms with van der Waals surface area (Å²) in [6, 6.07) is 6.10. The maximum atomic E-state index is 11.9. The van der Waals surface area contributed by atoms with Crippen molar-refractivity contribution in [2.45, 2.75) is 40.2 Å². The second-order valence-electron chi connectivity index (χ2n) is 6.74. The van der Waals surface area contributed by atoms with Crippen LogP contribution in [-0.4, -0.2) is 30.0 Å². The van der Waals surface area contributed by atoms with Gasteiger partial charge in [0.25, 0.3) is 5.91 Å². The Balaban J connectivity index is 2.02. The number of anilines is 1. The topological polar surface area (TPSA) is 69.0 Å². The van der Waals surface area contributed by atoms with E-state index in [0.717, 1.165) is 18.8 Å².